The van der Waals surface area contributed by atoms with Gasteiger partial charge in [-0.15, -0.1) is 0 Å². The fraction of sp³-hybridized carbons (Fsp3) is 0. The van der Waals surface area contributed by atoms with Gasteiger partial charge < -0.3 is 9.97 Å². The predicted octanol–water partition coefficient (Wildman–Crippen LogP) is 7.12. The number of nitrogens with one attached hydrogen (secondary N) is 2. The third-order valence-electron chi connectivity index (χ3n) is 5.83. The Kier molecular flexibility index (Phi) is 4.56. The molecule has 158 valence electrons. The molecule has 0 unspecified atom stereocenters. The molecule has 4 heterocycles. The van der Waals surface area contributed by atoms with Crippen LogP contribution in [0.4, 0.5) is 0 Å². The van der Waals surface area contributed by atoms with Crippen molar-refractivity contribution in [2.75, 3.05) is 0 Å². The summed E-state index contributed by atoms with van der Waals surface area (Å²) in [7, 11) is 0. The highest BCUT2D eigenvalue weighted by molar-refractivity contribution is 14.1. The summed E-state index contributed by atoms with van der Waals surface area (Å²) in [6.45, 7) is 0. The summed E-state index contributed by atoms with van der Waals surface area (Å²) in [5.41, 5.74) is 5.03. The number of benzene rings is 3. The summed E-state index contributed by atoms with van der Waals surface area (Å²) < 4.78 is 3.32. The first kappa shape index (κ1) is 20.3. The number of aromatic amines is 2. The van der Waals surface area contributed by atoms with Crippen molar-refractivity contribution < 1.29 is 0 Å². The number of hydrogen-bond donors (Lipinski definition) is 2. The molecular weight excluding hydrogens is 753 g/mol. The maximum Gasteiger partial charge on any atom is 0.165 e. The number of fused-ring (bicyclic) bond motifs is 15. The van der Waals surface area contributed by atoms with E-state index in [4.69, 9.17) is 19.9 Å². The molecule has 33 heavy (non-hydrogen) atoms. The molecule has 0 fully saturated rings. The van der Waals surface area contributed by atoms with Crippen molar-refractivity contribution in [3.63, 3.8) is 0 Å². The highest BCUT2D eigenvalue weighted by Gasteiger charge is 2.22. The van der Waals surface area contributed by atoms with Gasteiger partial charge in [0.05, 0.1) is 0 Å². The lowest BCUT2D eigenvalue weighted by Gasteiger charge is -2.00. The van der Waals surface area contributed by atoms with Crippen molar-refractivity contribution in [2.24, 2.45) is 0 Å². The van der Waals surface area contributed by atoms with Gasteiger partial charge in [0.15, 0.2) is 11.6 Å². The van der Waals surface area contributed by atoms with E-state index in [-0.39, 0.29) is 0 Å². The van der Waals surface area contributed by atoms with Crippen LogP contribution in [0, 0.1) is 10.7 Å². The molecule has 7 rings (SSSR count). The molecule has 6 bridgehead atoms. The highest BCUT2D eigenvalue weighted by atomic mass is 127. The minimum Gasteiger partial charge on any atom is -0.324 e. The number of rotatable bonds is 0. The number of halogens is 3. The van der Waals surface area contributed by atoms with Crippen LogP contribution < -0.4 is 0 Å². The van der Waals surface area contributed by atoms with Gasteiger partial charge in [-0.3, -0.25) is 0 Å². The van der Waals surface area contributed by atoms with Crippen molar-refractivity contribution in [3.05, 3.63) is 65.3 Å². The van der Waals surface area contributed by atoms with Gasteiger partial charge in [-0.25, -0.2) is 19.9 Å². The molecule has 6 nitrogen and oxygen atoms in total. The summed E-state index contributed by atoms with van der Waals surface area (Å²) >= 11 is 7.06. The second-order valence-corrected chi connectivity index (χ2v) is 11.2. The summed E-state index contributed by atoms with van der Waals surface area (Å²) in [6, 6.07) is 18.6. The highest BCUT2D eigenvalue weighted by Crippen LogP contribution is 2.38. The number of hydrogen-bond acceptors (Lipinski definition) is 4. The van der Waals surface area contributed by atoms with Gasteiger partial charge in [-0.1, -0.05) is 36.4 Å². The van der Waals surface area contributed by atoms with Gasteiger partial charge >= 0.3 is 0 Å². The van der Waals surface area contributed by atoms with Gasteiger partial charge in [0.25, 0.3) is 0 Å². The molecule has 0 atom stereocenters. The zero-order chi connectivity index (χ0) is 22.3. The van der Waals surface area contributed by atoms with Crippen LogP contribution in [0.25, 0.3) is 66.9 Å². The van der Waals surface area contributed by atoms with Gasteiger partial charge in [-0.05, 0) is 86.0 Å². The van der Waals surface area contributed by atoms with Crippen LogP contribution in [0.3, 0.4) is 0 Å². The quantitative estimate of drug-likeness (QED) is 0.161. The third-order valence-corrected chi connectivity index (χ3v) is 8.53. The second-order valence-electron chi connectivity index (χ2n) is 7.73. The van der Waals surface area contributed by atoms with Crippen molar-refractivity contribution in [1.82, 2.24) is 29.9 Å². The zero-order valence-corrected chi connectivity index (χ0v) is 23.1. The second kappa shape index (κ2) is 7.43. The first-order valence-electron chi connectivity index (χ1n) is 10.1. The molecule has 9 heteroatoms. The van der Waals surface area contributed by atoms with Gasteiger partial charge in [0, 0.05) is 43.4 Å². The average molecular weight is 764 g/mol. The molecule has 0 aliphatic carbocycles. The van der Waals surface area contributed by atoms with E-state index in [0.29, 0.717) is 11.6 Å². The lowest BCUT2D eigenvalue weighted by molar-refractivity contribution is 1.20. The lowest BCUT2D eigenvalue weighted by atomic mass is 10.1. The Morgan fingerprint density at radius 2 is 1.06 bits per heavy atom. The van der Waals surface area contributed by atoms with E-state index in [2.05, 4.69) is 114 Å². The van der Waals surface area contributed by atoms with Crippen LogP contribution in [0.1, 0.15) is 0 Å². The monoisotopic (exact) mass is 764 g/mol. The molecule has 0 saturated heterocycles. The van der Waals surface area contributed by atoms with Crippen LogP contribution in [0.15, 0.2) is 54.6 Å². The Hall–Kier alpha value is -2.13. The molecule has 0 saturated carbocycles. The molecule has 3 aromatic heterocycles. The van der Waals surface area contributed by atoms with Crippen LogP contribution in [0.5, 0.6) is 0 Å². The molecule has 1 aliphatic heterocycles. The normalized spacial score (nSPS) is 12.1. The molecule has 0 spiro atoms. The van der Waals surface area contributed by atoms with Crippen molar-refractivity contribution in [3.8, 4) is 22.8 Å². The molecule has 0 radical (unpaired) electrons. The molecule has 2 N–H and O–H groups in total. The van der Waals surface area contributed by atoms with Gasteiger partial charge in [0.1, 0.15) is 22.6 Å². The number of aromatic nitrogens is 6. The summed E-state index contributed by atoms with van der Waals surface area (Å²) in [6.07, 6.45) is 0. The van der Waals surface area contributed by atoms with Crippen LogP contribution in [0.2, 0.25) is 0 Å². The fourth-order valence-corrected chi connectivity index (χ4v) is 6.64. The number of H-pyrrole nitrogens is 2. The maximum absolute atomic E-state index is 5.04. The third kappa shape index (κ3) is 3.00. The zero-order valence-electron chi connectivity index (χ0n) is 16.6. The first-order valence-corrected chi connectivity index (χ1v) is 13.3. The summed E-state index contributed by atoms with van der Waals surface area (Å²) in [5, 5.41) is 4.14. The Bertz CT molecular complexity index is 1870. The summed E-state index contributed by atoms with van der Waals surface area (Å²) in [4.78, 5) is 26.9. The smallest absolute Gasteiger partial charge is 0.165 e. The molecule has 3 aromatic carbocycles. The van der Waals surface area contributed by atoms with E-state index in [1.54, 1.807) is 0 Å². The minimum absolute atomic E-state index is 0.655. The van der Waals surface area contributed by atoms with E-state index >= 15 is 0 Å². The molecule has 0 amide bonds. The Morgan fingerprint density at radius 3 is 1.76 bits per heavy atom. The van der Waals surface area contributed by atoms with Gasteiger partial charge in [-0.2, -0.15) is 0 Å². The van der Waals surface area contributed by atoms with E-state index in [1.165, 1.54) is 0 Å². The minimum atomic E-state index is 0.655. The lowest BCUT2D eigenvalue weighted by Crippen LogP contribution is -1.85. The topological polar surface area (TPSA) is 83.1 Å². The largest absolute Gasteiger partial charge is 0.324 e. The predicted molar refractivity (Wildman–Crippen MR) is 157 cm³/mol. The first-order chi connectivity index (χ1) is 16.1. The molecule has 1 aliphatic rings. The van der Waals surface area contributed by atoms with E-state index in [1.807, 2.05) is 18.2 Å². The SMILES string of the molecule is Ic1cccc2c1-c1nc-2nc2[nH]c(nc3[nH]c(n1)c1cccc(I)c31)c1cccc(I)c21. The van der Waals surface area contributed by atoms with Crippen LogP contribution >= 0.6 is 67.8 Å². The van der Waals surface area contributed by atoms with Crippen molar-refractivity contribution in [1.29, 1.82) is 0 Å². The Morgan fingerprint density at radius 1 is 0.515 bits per heavy atom. The fourth-order valence-electron chi connectivity index (χ4n) is 4.40. The maximum atomic E-state index is 5.04. The van der Waals surface area contributed by atoms with Crippen LogP contribution in [-0.4, -0.2) is 29.9 Å². The number of nitrogens with zero attached hydrogens (tertiary/aromatic N) is 4. The van der Waals surface area contributed by atoms with Crippen LogP contribution in [-0.2, 0) is 0 Å². The van der Waals surface area contributed by atoms with Crippen molar-refractivity contribution >= 4 is 112 Å². The van der Waals surface area contributed by atoms with Gasteiger partial charge in [0.2, 0.25) is 0 Å². The summed E-state index contributed by atoms with van der Waals surface area (Å²) in [5.74, 6) is 1.32. The van der Waals surface area contributed by atoms with E-state index in [9.17, 15) is 0 Å². The Balaban J connectivity index is 1.81. The molecule has 6 aromatic rings. The molecular formula is C24H11I3N6. The van der Waals surface area contributed by atoms with E-state index in [0.717, 1.165) is 66.0 Å². The Labute approximate surface area is 227 Å². The average Bonchev–Trinajstić information content (AvgIpc) is 3.44. The van der Waals surface area contributed by atoms with Crippen molar-refractivity contribution in [2.45, 2.75) is 0 Å². The van der Waals surface area contributed by atoms with E-state index < -0.39 is 0 Å². The standard InChI is InChI=1S/C24H11I3N6/c25-13-7-1-4-10-16(13)22-28-19(10)31-23-17-11(5-2-8-14(17)26)21(29-23)33-24-18-12(20(30-24)32-22)6-3-9-15(18)27/h1-9H,(H2,28,29,30,31,32,33).